The van der Waals surface area contributed by atoms with Crippen molar-refractivity contribution in [3.05, 3.63) is 83.9 Å². The largest absolute Gasteiger partial charge is 0.390 e. The van der Waals surface area contributed by atoms with Gasteiger partial charge in [0.15, 0.2) is 15.5 Å². The standard InChI is InChI=1S/C27H27N5O6S2/c1-39(34,35)15-5-14-31-24-7-4-3-6-22(24)29-25(31)17-32-23-12-13-28-16-21(23)26(27(32)33)30-38-18-19-8-10-20(11-9-19)40(2,36)37/h3-4,6-13,16H,5,14-15,17-18H2,1-2H3. The van der Waals surface area contributed by atoms with E-state index in [1.165, 1.54) is 18.4 Å². The first-order valence-electron chi connectivity index (χ1n) is 12.4. The third-order valence-corrected chi connectivity index (χ3v) is 8.62. The average molecular weight is 582 g/mol. The van der Waals surface area contributed by atoms with Crippen LogP contribution in [-0.4, -0.2) is 61.3 Å². The number of oxime groups is 1. The fourth-order valence-corrected chi connectivity index (χ4v) is 5.81. The molecule has 0 bridgehead atoms. The van der Waals surface area contributed by atoms with Crippen molar-refractivity contribution in [1.29, 1.82) is 0 Å². The van der Waals surface area contributed by atoms with E-state index in [2.05, 4.69) is 10.1 Å². The number of para-hydroxylation sites is 2. The van der Waals surface area contributed by atoms with E-state index in [-0.39, 0.29) is 35.4 Å². The maximum absolute atomic E-state index is 13.5. The Kier molecular flexibility index (Phi) is 7.43. The van der Waals surface area contributed by atoms with Crippen molar-refractivity contribution >= 4 is 48.0 Å². The van der Waals surface area contributed by atoms with Gasteiger partial charge >= 0.3 is 0 Å². The van der Waals surface area contributed by atoms with Crippen molar-refractivity contribution in [1.82, 2.24) is 14.5 Å². The second kappa shape index (κ2) is 10.8. The van der Waals surface area contributed by atoms with E-state index in [0.717, 1.165) is 17.3 Å². The molecule has 2 aromatic carbocycles. The average Bonchev–Trinajstić information content (AvgIpc) is 3.38. The van der Waals surface area contributed by atoms with Crippen molar-refractivity contribution in [3.8, 4) is 0 Å². The number of hydrogen-bond donors (Lipinski definition) is 0. The van der Waals surface area contributed by atoms with Crippen LogP contribution in [0.25, 0.3) is 11.0 Å². The van der Waals surface area contributed by atoms with E-state index in [1.54, 1.807) is 35.5 Å². The molecule has 3 heterocycles. The fraction of sp³-hybridized carbons (Fsp3) is 0.259. The number of aromatic nitrogens is 3. The molecule has 1 aliphatic rings. The predicted molar refractivity (Wildman–Crippen MR) is 150 cm³/mol. The molecule has 0 aliphatic carbocycles. The smallest absolute Gasteiger partial charge is 0.281 e. The van der Waals surface area contributed by atoms with Gasteiger partial charge in [0.1, 0.15) is 22.3 Å². The minimum Gasteiger partial charge on any atom is -0.390 e. The van der Waals surface area contributed by atoms with E-state index < -0.39 is 19.7 Å². The normalized spacial score (nSPS) is 14.7. The molecule has 2 aromatic heterocycles. The first-order chi connectivity index (χ1) is 19.0. The second-order valence-electron chi connectivity index (χ2n) is 9.57. The Morgan fingerprint density at radius 3 is 2.45 bits per heavy atom. The molecule has 0 spiro atoms. The minimum absolute atomic E-state index is 0.0343. The summed E-state index contributed by atoms with van der Waals surface area (Å²) in [6, 6.07) is 15.5. The number of amides is 1. The van der Waals surface area contributed by atoms with Gasteiger partial charge in [0, 0.05) is 31.4 Å². The number of hydrogen-bond acceptors (Lipinski definition) is 9. The maximum atomic E-state index is 13.5. The van der Waals surface area contributed by atoms with Crippen molar-refractivity contribution < 1.29 is 26.5 Å². The summed E-state index contributed by atoms with van der Waals surface area (Å²) in [4.78, 5) is 29.7. The highest BCUT2D eigenvalue weighted by atomic mass is 32.2. The highest BCUT2D eigenvalue weighted by Gasteiger charge is 2.36. The SMILES string of the molecule is CS(=O)(=O)CCCn1c(CN2C(=O)C(=NOCc3ccc(S(C)(=O)=O)cc3)c3cnccc32)nc2ccccc21. The summed E-state index contributed by atoms with van der Waals surface area (Å²) in [5.74, 6) is 0.269. The van der Waals surface area contributed by atoms with Crippen LogP contribution in [0.2, 0.25) is 0 Å². The number of benzene rings is 2. The lowest BCUT2D eigenvalue weighted by atomic mass is 10.2. The van der Waals surface area contributed by atoms with Crippen LogP contribution in [0.4, 0.5) is 5.69 Å². The number of pyridine rings is 1. The van der Waals surface area contributed by atoms with Gasteiger partial charge in [-0.3, -0.25) is 14.7 Å². The van der Waals surface area contributed by atoms with Crippen molar-refractivity contribution in [2.75, 3.05) is 23.2 Å². The van der Waals surface area contributed by atoms with Crippen LogP contribution in [0.1, 0.15) is 23.4 Å². The molecule has 0 N–H and O–H groups in total. The Balaban J connectivity index is 1.39. The van der Waals surface area contributed by atoms with Gasteiger partial charge in [0.2, 0.25) is 0 Å². The van der Waals surface area contributed by atoms with Crippen LogP contribution in [0.15, 0.2) is 77.0 Å². The second-order valence-corrected chi connectivity index (χ2v) is 13.8. The summed E-state index contributed by atoms with van der Waals surface area (Å²) in [7, 11) is -6.43. The van der Waals surface area contributed by atoms with Gasteiger partial charge in [-0.2, -0.15) is 0 Å². The van der Waals surface area contributed by atoms with Crippen molar-refractivity contribution in [3.63, 3.8) is 0 Å². The summed E-state index contributed by atoms with van der Waals surface area (Å²) in [6.45, 7) is 0.595. The molecule has 0 fully saturated rings. The van der Waals surface area contributed by atoms with E-state index in [9.17, 15) is 21.6 Å². The third-order valence-electron chi connectivity index (χ3n) is 6.46. The Hall–Kier alpha value is -4.10. The molecule has 0 saturated carbocycles. The topological polar surface area (TPSA) is 141 Å². The molecular weight excluding hydrogens is 554 g/mol. The van der Waals surface area contributed by atoms with Crippen LogP contribution in [0.3, 0.4) is 0 Å². The molecule has 1 aliphatic heterocycles. The summed E-state index contributed by atoms with van der Waals surface area (Å²) in [6.07, 6.45) is 5.89. The Morgan fingerprint density at radius 2 is 1.73 bits per heavy atom. The molecule has 208 valence electrons. The van der Waals surface area contributed by atoms with Gasteiger partial charge in [0.05, 0.1) is 39.5 Å². The molecule has 40 heavy (non-hydrogen) atoms. The molecule has 11 nitrogen and oxygen atoms in total. The summed E-state index contributed by atoms with van der Waals surface area (Å²) >= 11 is 0. The first-order valence-corrected chi connectivity index (χ1v) is 16.3. The molecular formula is C27H27N5O6S2. The zero-order valence-corrected chi connectivity index (χ0v) is 23.5. The first kappa shape index (κ1) is 27.5. The highest BCUT2D eigenvalue weighted by molar-refractivity contribution is 7.91. The summed E-state index contributed by atoms with van der Waals surface area (Å²) in [5.41, 5.74) is 3.50. The van der Waals surface area contributed by atoms with Gasteiger partial charge in [0.25, 0.3) is 5.91 Å². The number of sulfone groups is 2. The van der Waals surface area contributed by atoms with Gasteiger partial charge in [-0.25, -0.2) is 21.8 Å². The number of nitrogens with zero attached hydrogens (tertiary/aromatic N) is 5. The Labute approximate surface area is 231 Å². The number of aryl methyl sites for hydroxylation is 1. The lowest BCUT2D eigenvalue weighted by Gasteiger charge is -2.17. The summed E-state index contributed by atoms with van der Waals surface area (Å²) in [5, 5.41) is 4.12. The molecule has 0 radical (unpaired) electrons. The van der Waals surface area contributed by atoms with Gasteiger partial charge in [-0.15, -0.1) is 0 Å². The van der Waals surface area contributed by atoms with Crippen LogP contribution in [0.5, 0.6) is 0 Å². The van der Waals surface area contributed by atoms with Crippen LogP contribution < -0.4 is 4.90 Å². The van der Waals surface area contributed by atoms with Crippen LogP contribution >= 0.6 is 0 Å². The van der Waals surface area contributed by atoms with Gasteiger partial charge < -0.3 is 9.40 Å². The number of fused-ring (bicyclic) bond motifs is 2. The molecule has 0 unspecified atom stereocenters. The molecule has 0 atom stereocenters. The van der Waals surface area contributed by atoms with E-state index >= 15 is 0 Å². The number of carbonyl (C=O) groups excluding carboxylic acids is 1. The monoisotopic (exact) mass is 581 g/mol. The third kappa shape index (κ3) is 5.89. The maximum Gasteiger partial charge on any atom is 0.281 e. The number of rotatable bonds is 10. The fourth-order valence-electron chi connectivity index (χ4n) is 4.53. The Bertz CT molecular complexity index is 1830. The highest BCUT2D eigenvalue weighted by Crippen LogP contribution is 2.31. The van der Waals surface area contributed by atoms with E-state index in [4.69, 9.17) is 9.82 Å². The lowest BCUT2D eigenvalue weighted by Crippen LogP contribution is -2.31. The van der Waals surface area contributed by atoms with E-state index in [0.29, 0.717) is 35.6 Å². The van der Waals surface area contributed by atoms with E-state index in [1.807, 2.05) is 28.8 Å². The van der Waals surface area contributed by atoms with Crippen LogP contribution in [0, 0.1) is 0 Å². The number of imidazole rings is 1. The molecule has 0 saturated heterocycles. The number of anilines is 1. The minimum atomic E-state index is -3.31. The lowest BCUT2D eigenvalue weighted by molar-refractivity contribution is -0.112. The quantitative estimate of drug-likeness (QED) is 0.260. The molecule has 5 rings (SSSR count). The van der Waals surface area contributed by atoms with Crippen molar-refractivity contribution in [2.45, 2.75) is 31.0 Å². The molecule has 4 aromatic rings. The Morgan fingerprint density at radius 1 is 0.975 bits per heavy atom. The van der Waals surface area contributed by atoms with Gasteiger partial charge in [-0.1, -0.05) is 29.4 Å². The summed E-state index contributed by atoms with van der Waals surface area (Å²) < 4.78 is 48.7. The van der Waals surface area contributed by atoms with Gasteiger partial charge in [-0.05, 0) is 42.3 Å². The van der Waals surface area contributed by atoms with Crippen LogP contribution in [-0.2, 0) is 49.0 Å². The van der Waals surface area contributed by atoms with Crippen molar-refractivity contribution in [2.24, 2.45) is 5.16 Å². The molecule has 1 amide bonds. The predicted octanol–water partition coefficient (Wildman–Crippen LogP) is 2.74. The number of carbonyl (C=O) groups is 1. The zero-order chi connectivity index (χ0) is 28.5. The zero-order valence-electron chi connectivity index (χ0n) is 21.9. The molecule has 13 heteroatoms.